The summed E-state index contributed by atoms with van der Waals surface area (Å²) in [6.45, 7) is 20.8. The van der Waals surface area contributed by atoms with Gasteiger partial charge in [-0.15, -0.1) is 0 Å². The van der Waals surface area contributed by atoms with Crippen molar-refractivity contribution in [3.8, 4) is 33.4 Å². The van der Waals surface area contributed by atoms with E-state index in [1.54, 1.807) is 22.5 Å². The number of nitrogens with one attached hydrogen (secondary N) is 2. The Labute approximate surface area is 390 Å². The number of anilines is 2. The maximum Gasteiger partial charge on any atom is 0.410 e. The highest BCUT2D eigenvalue weighted by atomic mass is 79.9. The first-order chi connectivity index (χ1) is 31.1. The molecule has 2 amide bonds. The molecule has 5 heterocycles. The largest absolute Gasteiger partial charge is 0.444 e. The zero-order chi connectivity index (χ0) is 45.9. The Morgan fingerprint density at radius 2 is 1.12 bits per heavy atom. The van der Waals surface area contributed by atoms with Gasteiger partial charge in [-0.25, -0.2) is 29.5 Å². The first kappa shape index (κ1) is 45.9. The summed E-state index contributed by atoms with van der Waals surface area (Å²) in [6, 6.07) is 12.9. The van der Waals surface area contributed by atoms with E-state index in [0.717, 1.165) is 115 Å². The molecule has 2 N–H and O–H groups in total. The number of carbonyl (C=O) groups excluding carboxylic acids is 2. The predicted octanol–water partition coefficient (Wildman–Crippen LogP) is 7.19. The summed E-state index contributed by atoms with van der Waals surface area (Å²) >= 11 is 3.57. The minimum absolute atomic E-state index is 0.221. The second kappa shape index (κ2) is 19.4. The molecule has 0 unspecified atom stereocenters. The molecule has 65 heavy (non-hydrogen) atoms. The van der Waals surface area contributed by atoms with E-state index in [9.17, 15) is 9.59 Å². The lowest BCUT2D eigenvalue weighted by Gasteiger charge is -2.35. The normalized spacial score (nSPS) is 15.9. The second-order valence-corrected chi connectivity index (χ2v) is 19.9. The van der Waals surface area contributed by atoms with E-state index in [2.05, 4.69) is 97.8 Å². The second-order valence-electron chi connectivity index (χ2n) is 19.0. The van der Waals surface area contributed by atoms with Crippen LogP contribution in [0.2, 0.25) is 0 Å². The van der Waals surface area contributed by atoms with Crippen molar-refractivity contribution in [1.29, 1.82) is 0 Å². The highest BCUT2D eigenvalue weighted by molar-refractivity contribution is 9.10. The summed E-state index contributed by atoms with van der Waals surface area (Å²) < 4.78 is 13.8. The summed E-state index contributed by atoms with van der Waals surface area (Å²) in [5, 5.41) is 11.4. The van der Waals surface area contributed by atoms with Gasteiger partial charge >= 0.3 is 12.2 Å². The molecule has 0 saturated carbocycles. The number of amides is 2. The smallest absolute Gasteiger partial charge is 0.410 e. The minimum atomic E-state index is -0.465. The number of aromatic nitrogens is 6. The Bertz CT molecular complexity index is 2500. The molecule has 344 valence electrons. The number of carbonyl (C=O) groups is 2. The monoisotopic (exact) mass is 948 g/mol. The van der Waals surface area contributed by atoms with E-state index in [1.165, 1.54) is 22.3 Å². The third-order valence-electron chi connectivity index (χ3n) is 11.8. The number of rotatable bonds is 9. The molecule has 16 nitrogen and oxygen atoms in total. The number of ether oxygens (including phenoxy) is 2. The van der Waals surface area contributed by atoms with E-state index < -0.39 is 11.2 Å². The Balaban J connectivity index is 0.000000179. The summed E-state index contributed by atoms with van der Waals surface area (Å²) in [6.07, 6.45) is 8.43. The van der Waals surface area contributed by atoms with Gasteiger partial charge in [0.15, 0.2) is 0 Å². The van der Waals surface area contributed by atoms with Crippen molar-refractivity contribution < 1.29 is 19.1 Å². The van der Waals surface area contributed by atoms with Gasteiger partial charge in [-0.1, -0.05) is 34.1 Å². The van der Waals surface area contributed by atoms with Gasteiger partial charge < -0.3 is 29.9 Å². The molecule has 2 aliphatic heterocycles. The van der Waals surface area contributed by atoms with Gasteiger partial charge in [-0.2, -0.15) is 5.10 Å². The average molecular weight is 950 g/mol. The molecule has 0 radical (unpaired) electrons. The molecule has 4 aliphatic rings. The van der Waals surface area contributed by atoms with Crippen LogP contribution >= 0.6 is 15.9 Å². The molecular formula is C48H61BrN12O4. The molecule has 2 aromatic carbocycles. The van der Waals surface area contributed by atoms with Gasteiger partial charge in [-0.05, 0) is 87.6 Å². The fraction of sp³-hybridized carbons (Fsp3) is 0.479. The van der Waals surface area contributed by atoms with Crippen LogP contribution in [0.3, 0.4) is 0 Å². The molecular weight excluding hydrogens is 889 g/mol. The lowest BCUT2D eigenvalue weighted by molar-refractivity contribution is 0.0139. The van der Waals surface area contributed by atoms with Crippen LogP contribution in [0.25, 0.3) is 33.4 Å². The minimum Gasteiger partial charge on any atom is -0.444 e. The maximum absolute atomic E-state index is 12.3. The summed E-state index contributed by atoms with van der Waals surface area (Å²) in [5.74, 6) is 1.77. The number of nitrogens with zero attached hydrogens (tertiary/aromatic N) is 10. The van der Waals surface area contributed by atoms with Gasteiger partial charge in [0.2, 0.25) is 0 Å². The van der Waals surface area contributed by atoms with Gasteiger partial charge in [-0.3, -0.25) is 14.5 Å². The molecule has 2 fully saturated rings. The van der Waals surface area contributed by atoms with Gasteiger partial charge in [0, 0.05) is 126 Å². The quantitative estimate of drug-likeness (QED) is 0.150. The number of piperazine rings is 2. The summed E-state index contributed by atoms with van der Waals surface area (Å²) in [7, 11) is 1.93. The average Bonchev–Trinajstić information content (AvgIpc) is 3.98. The van der Waals surface area contributed by atoms with Crippen LogP contribution in [0.1, 0.15) is 64.1 Å². The predicted molar refractivity (Wildman–Crippen MR) is 256 cm³/mol. The molecule has 0 atom stereocenters. The zero-order valence-corrected chi connectivity index (χ0v) is 40.2. The molecule has 0 bridgehead atoms. The number of aryl methyl sites for hydroxylation is 1. The Kier molecular flexibility index (Phi) is 13.7. The van der Waals surface area contributed by atoms with Gasteiger partial charge in [0.25, 0.3) is 0 Å². The lowest BCUT2D eigenvalue weighted by Crippen LogP contribution is -2.50. The fourth-order valence-electron chi connectivity index (χ4n) is 8.58. The number of benzene rings is 2. The van der Waals surface area contributed by atoms with Crippen molar-refractivity contribution >= 4 is 39.8 Å². The summed E-state index contributed by atoms with van der Waals surface area (Å²) in [4.78, 5) is 51.0. The van der Waals surface area contributed by atoms with Crippen LogP contribution in [0.4, 0.5) is 21.2 Å². The Hall–Kier alpha value is -5.65. The highest BCUT2D eigenvalue weighted by Crippen LogP contribution is 2.42. The van der Waals surface area contributed by atoms with Crippen molar-refractivity contribution in [2.45, 2.75) is 65.6 Å². The van der Waals surface area contributed by atoms with E-state index in [4.69, 9.17) is 9.47 Å². The van der Waals surface area contributed by atoms with Crippen LogP contribution in [0, 0.1) is 0 Å². The van der Waals surface area contributed by atoms with Crippen molar-refractivity contribution in [3.63, 3.8) is 0 Å². The molecule has 0 spiro atoms. The van der Waals surface area contributed by atoms with E-state index in [0.29, 0.717) is 26.2 Å². The molecule has 2 saturated heterocycles. The topological polar surface area (TPSA) is 159 Å². The van der Waals surface area contributed by atoms with Crippen LogP contribution in [-0.2, 0) is 29.4 Å². The van der Waals surface area contributed by atoms with Crippen LogP contribution in [0.15, 0.2) is 65.9 Å². The molecule has 5 aromatic rings. The first-order valence-electron chi connectivity index (χ1n) is 22.5. The maximum atomic E-state index is 12.3. The number of fused-ring (bicyclic) bond motifs is 6. The van der Waals surface area contributed by atoms with Crippen LogP contribution in [0.5, 0.6) is 0 Å². The lowest BCUT2D eigenvalue weighted by atomic mass is 10.0. The Morgan fingerprint density at radius 1 is 0.646 bits per heavy atom. The third-order valence-corrected chi connectivity index (χ3v) is 12.3. The van der Waals surface area contributed by atoms with E-state index >= 15 is 0 Å². The van der Waals surface area contributed by atoms with Crippen LogP contribution in [-0.4, -0.2) is 151 Å². The number of hydrogen-bond acceptors (Lipinski definition) is 13. The van der Waals surface area contributed by atoms with Crippen molar-refractivity contribution in [3.05, 3.63) is 88.4 Å². The molecule has 9 rings (SSSR count). The molecule has 3 aromatic heterocycles. The zero-order valence-electron chi connectivity index (χ0n) is 38.7. The molecule has 17 heteroatoms. The van der Waals surface area contributed by atoms with Crippen molar-refractivity contribution in [2.75, 3.05) is 89.2 Å². The summed E-state index contributed by atoms with van der Waals surface area (Å²) in [5.41, 5.74) is 10.6. The van der Waals surface area contributed by atoms with E-state index in [1.807, 2.05) is 65.7 Å². The Morgan fingerprint density at radius 3 is 1.58 bits per heavy atom. The van der Waals surface area contributed by atoms with Gasteiger partial charge in [0.05, 0.1) is 17.6 Å². The van der Waals surface area contributed by atoms with Crippen molar-refractivity contribution in [1.82, 2.24) is 49.3 Å². The standard InChI is InChI=1S/C26H33N7O2.C22H28BrN5O2/c1-26(2,3)35-25(34)33-11-9-32(10-12-33)8-7-27-24-23-21-13-18(20-15-30-31(4)16-20)5-6-19(21)14-22(23)28-17-29-24;1-22(2,3)30-21(29)28-10-8-27(9-11-28)7-6-24-20-19-17-13-16(23)5-4-15(17)12-18(19)25-14-26-20/h5-6,13,15-17H,7-12,14H2,1-4H3,(H,27,28,29);4-5,13-14H,6-12H2,1-3H3,(H,24,25,26). The van der Waals surface area contributed by atoms with Crippen molar-refractivity contribution in [2.24, 2.45) is 7.05 Å². The molecule has 2 aliphatic carbocycles. The highest BCUT2D eigenvalue weighted by Gasteiger charge is 2.29. The third kappa shape index (κ3) is 11.4. The fourth-order valence-corrected chi connectivity index (χ4v) is 8.94. The SMILES string of the molecule is CC(C)(C)OC(=O)N1CCN(CCNc2ncnc3c2-c2cc(Br)ccc2C3)CC1.Cn1cc(-c2ccc3c(c2)-c2c(ncnc2NCCN2CCN(C(=O)OC(C)(C)C)CC2)C3)cn1. The van der Waals surface area contributed by atoms with Gasteiger partial charge in [0.1, 0.15) is 35.5 Å². The van der Waals surface area contributed by atoms with Crippen LogP contribution < -0.4 is 10.6 Å². The number of halogens is 1. The number of hydrogen-bond donors (Lipinski definition) is 2. The first-order valence-corrected chi connectivity index (χ1v) is 23.3. The van der Waals surface area contributed by atoms with E-state index in [-0.39, 0.29) is 12.2 Å².